The zero-order chi connectivity index (χ0) is 14.5. The van der Waals surface area contributed by atoms with E-state index in [1.807, 2.05) is 0 Å². The maximum Gasteiger partial charge on any atom is 0.288 e. The molecular weight excluding hydrogens is 268 g/mol. The number of hydrogen-bond donors (Lipinski definition) is 2. The Hall–Kier alpha value is -1.55. The molecule has 0 saturated carbocycles. The van der Waals surface area contributed by atoms with Gasteiger partial charge >= 0.3 is 0 Å². The Morgan fingerprint density at radius 1 is 1.50 bits per heavy atom. The van der Waals surface area contributed by atoms with Crippen LogP contribution in [0.2, 0.25) is 0 Å². The highest BCUT2D eigenvalue weighted by molar-refractivity contribution is 5.88. The first-order valence-electron chi connectivity index (χ1n) is 6.24. The van der Waals surface area contributed by atoms with Gasteiger partial charge in [-0.3, -0.25) is 4.79 Å². The molecule has 0 bridgehead atoms. The Balaban J connectivity index is 1.87. The van der Waals surface area contributed by atoms with Crippen LogP contribution in [0.5, 0.6) is 0 Å². The molecule has 9 heteroatoms. The van der Waals surface area contributed by atoms with E-state index in [1.54, 1.807) is 13.8 Å². The largest absolute Gasteiger partial charge is 0.394 e. The van der Waals surface area contributed by atoms with Gasteiger partial charge in [0.1, 0.15) is 24.6 Å². The van der Waals surface area contributed by atoms with Gasteiger partial charge in [0.25, 0.3) is 5.91 Å². The van der Waals surface area contributed by atoms with Gasteiger partial charge in [0.15, 0.2) is 12.0 Å². The number of ether oxygens (including phenoxy) is 3. The van der Waals surface area contributed by atoms with Crippen LogP contribution in [0.25, 0.3) is 0 Å². The van der Waals surface area contributed by atoms with Gasteiger partial charge < -0.3 is 25.1 Å². The molecule has 1 amide bonds. The molecule has 20 heavy (non-hydrogen) atoms. The summed E-state index contributed by atoms with van der Waals surface area (Å²) in [5, 5.41) is 13.3. The predicted molar refractivity (Wildman–Crippen MR) is 63.4 cm³/mol. The normalized spacial score (nSPS) is 35.1. The molecule has 0 spiro atoms. The molecule has 2 fully saturated rings. The Morgan fingerprint density at radius 2 is 2.20 bits per heavy atom. The van der Waals surface area contributed by atoms with Crippen molar-refractivity contribution in [2.75, 3.05) is 6.61 Å². The fourth-order valence-electron chi connectivity index (χ4n) is 2.53. The van der Waals surface area contributed by atoms with E-state index in [-0.39, 0.29) is 12.4 Å². The van der Waals surface area contributed by atoms with Crippen LogP contribution in [0.15, 0.2) is 6.33 Å². The summed E-state index contributed by atoms with van der Waals surface area (Å²) in [6.07, 6.45) is -0.644. The summed E-state index contributed by atoms with van der Waals surface area (Å²) in [5.41, 5.74) is 5.12. The monoisotopic (exact) mass is 284 g/mol. The van der Waals surface area contributed by atoms with Crippen LogP contribution >= 0.6 is 0 Å². The van der Waals surface area contributed by atoms with Crippen molar-refractivity contribution >= 4 is 5.91 Å². The van der Waals surface area contributed by atoms with E-state index in [4.69, 9.17) is 19.9 Å². The fraction of sp³-hybridized carbons (Fsp3) is 0.727. The lowest BCUT2D eigenvalue weighted by Gasteiger charge is -2.23. The molecule has 3 N–H and O–H groups in total. The van der Waals surface area contributed by atoms with E-state index in [0.717, 1.165) is 0 Å². The van der Waals surface area contributed by atoms with Gasteiger partial charge in [-0.25, -0.2) is 9.67 Å². The maximum atomic E-state index is 11.0. The van der Waals surface area contributed by atoms with Crippen LogP contribution in [-0.2, 0) is 14.2 Å². The summed E-state index contributed by atoms with van der Waals surface area (Å²) in [5.74, 6) is -1.59. The van der Waals surface area contributed by atoms with Crippen LogP contribution in [0, 0.1) is 0 Å². The molecular formula is C11H16N4O5. The molecule has 2 aliphatic rings. The molecule has 0 aliphatic carbocycles. The van der Waals surface area contributed by atoms with Crippen molar-refractivity contribution in [1.29, 1.82) is 0 Å². The zero-order valence-corrected chi connectivity index (χ0v) is 11.1. The Kier molecular flexibility index (Phi) is 3.01. The van der Waals surface area contributed by atoms with Gasteiger partial charge in [0.05, 0.1) is 6.61 Å². The molecule has 1 aromatic heterocycles. The lowest BCUT2D eigenvalue weighted by atomic mass is 10.1. The molecule has 4 atom stereocenters. The number of rotatable bonds is 3. The Labute approximate surface area is 114 Å². The van der Waals surface area contributed by atoms with E-state index in [1.165, 1.54) is 11.0 Å². The number of amides is 1. The van der Waals surface area contributed by atoms with Gasteiger partial charge in [-0.2, -0.15) is 0 Å². The highest BCUT2D eigenvalue weighted by Crippen LogP contribution is 2.42. The number of carbonyl (C=O) groups is 1. The van der Waals surface area contributed by atoms with Crippen LogP contribution in [-0.4, -0.2) is 56.5 Å². The number of fused-ring (bicyclic) bond motifs is 1. The van der Waals surface area contributed by atoms with Crippen LogP contribution < -0.4 is 5.73 Å². The summed E-state index contributed by atoms with van der Waals surface area (Å²) in [6, 6.07) is 0. The highest BCUT2D eigenvalue weighted by Gasteiger charge is 2.56. The third kappa shape index (κ3) is 2.08. The predicted octanol–water partition coefficient (Wildman–Crippen LogP) is -1.21. The van der Waals surface area contributed by atoms with E-state index in [9.17, 15) is 9.90 Å². The second-order valence-corrected chi connectivity index (χ2v) is 5.22. The van der Waals surface area contributed by atoms with E-state index < -0.39 is 36.2 Å². The number of aliphatic hydroxyl groups is 1. The maximum absolute atomic E-state index is 11.0. The molecule has 2 aliphatic heterocycles. The highest BCUT2D eigenvalue weighted by atomic mass is 16.8. The average Bonchev–Trinajstić information content (AvgIpc) is 3.01. The Morgan fingerprint density at radius 3 is 2.80 bits per heavy atom. The average molecular weight is 284 g/mol. The number of aromatic nitrogens is 3. The van der Waals surface area contributed by atoms with Gasteiger partial charge in [0.2, 0.25) is 5.82 Å². The summed E-state index contributed by atoms with van der Waals surface area (Å²) in [4.78, 5) is 14.8. The third-order valence-corrected chi connectivity index (χ3v) is 3.29. The lowest BCUT2D eigenvalue weighted by Crippen LogP contribution is -2.31. The van der Waals surface area contributed by atoms with Crippen molar-refractivity contribution in [3.05, 3.63) is 12.2 Å². The molecule has 0 aromatic carbocycles. The Bertz CT molecular complexity index is 531. The van der Waals surface area contributed by atoms with Gasteiger partial charge in [-0.1, -0.05) is 0 Å². The van der Waals surface area contributed by atoms with Crippen molar-refractivity contribution in [1.82, 2.24) is 14.8 Å². The van der Waals surface area contributed by atoms with Gasteiger partial charge in [-0.05, 0) is 13.8 Å². The second kappa shape index (κ2) is 4.48. The van der Waals surface area contributed by atoms with Gasteiger partial charge in [0, 0.05) is 0 Å². The van der Waals surface area contributed by atoms with E-state index in [0.29, 0.717) is 0 Å². The molecule has 3 heterocycles. The topological polar surface area (TPSA) is 122 Å². The molecule has 1 aromatic rings. The first-order valence-corrected chi connectivity index (χ1v) is 6.24. The number of carbonyl (C=O) groups excluding carboxylic acids is 1. The zero-order valence-electron chi connectivity index (χ0n) is 11.1. The minimum Gasteiger partial charge on any atom is -0.394 e. The van der Waals surface area contributed by atoms with Crippen molar-refractivity contribution < 1.29 is 24.1 Å². The molecule has 2 unspecified atom stereocenters. The number of nitrogens with two attached hydrogens (primary N) is 1. The first kappa shape index (κ1) is 13.4. The summed E-state index contributed by atoms with van der Waals surface area (Å²) in [6.45, 7) is 3.37. The third-order valence-electron chi connectivity index (χ3n) is 3.29. The van der Waals surface area contributed by atoms with Crippen molar-refractivity contribution in [3.63, 3.8) is 0 Å². The summed E-state index contributed by atoms with van der Waals surface area (Å²) in [7, 11) is 0. The summed E-state index contributed by atoms with van der Waals surface area (Å²) < 4.78 is 18.5. The van der Waals surface area contributed by atoms with Crippen LogP contribution in [0.1, 0.15) is 30.7 Å². The second-order valence-electron chi connectivity index (χ2n) is 5.22. The summed E-state index contributed by atoms with van der Waals surface area (Å²) >= 11 is 0. The first-order chi connectivity index (χ1) is 9.41. The quantitative estimate of drug-likeness (QED) is 0.713. The minimum absolute atomic E-state index is 0.101. The number of primary amides is 1. The number of hydrogen-bond acceptors (Lipinski definition) is 7. The SMILES string of the molecule is CC1(C)OC2C(O1)[C@@H](CO)O[C@H]2n1cnc(C(N)=O)n1. The molecule has 3 rings (SSSR count). The smallest absolute Gasteiger partial charge is 0.288 e. The van der Waals surface area contributed by atoms with Gasteiger partial charge in [-0.15, -0.1) is 5.10 Å². The number of aliphatic hydroxyl groups excluding tert-OH is 1. The van der Waals surface area contributed by atoms with Crippen LogP contribution in [0.3, 0.4) is 0 Å². The molecule has 110 valence electrons. The van der Waals surface area contributed by atoms with Crippen molar-refractivity contribution in [2.24, 2.45) is 5.73 Å². The number of nitrogens with zero attached hydrogens (tertiary/aromatic N) is 3. The minimum atomic E-state index is -0.766. The van der Waals surface area contributed by atoms with E-state index in [2.05, 4.69) is 10.1 Å². The molecule has 0 radical (unpaired) electrons. The molecule has 2 saturated heterocycles. The fourth-order valence-corrected chi connectivity index (χ4v) is 2.53. The molecule has 9 nitrogen and oxygen atoms in total. The van der Waals surface area contributed by atoms with E-state index >= 15 is 0 Å². The van der Waals surface area contributed by atoms with Crippen molar-refractivity contribution in [3.8, 4) is 0 Å². The lowest BCUT2D eigenvalue weighted by molar-refractivity contribution is -0.201. The van der Waals surface area contributed by atoms with Crippen molar-refractivity contribution in [2.45, 2.75) is 44.2 Å². The van der Waals surface area contributed by atoms with Crippen LogP contribution in [0.4, 0.5) is 0 Å². The standard InChI is InChI=1S/C11H16N4O5/c1-11(2)19-6-5(3-16)18-10(7(6)20-11)15-4-13-9(14-15)8(12)17/h4-7,10,16H,3H2,1-2H3,(H2,12,17)/t5-,6?,7?,10-/m1/s1.